The van der Waals surface area contributed by atoms with Crippen LogP contribution in [0.4, 0.5) is 4.39 Å². The highest BCUT2D eigenvalue weighted by Gasteiger charge is 2.31. The number of hydrogen-bond donors (Lipinski definition) is 1. The molecular weight excluding hydrogens is 407 g/mol. The Kier molecular flexibility index (Phi) is 5.47. The molecule has 0 amide bonds. The summed E-state index contributed by atoms with van der Waals surface area (Å²) >= 11 is 0. The lowest BCUT2D eigenvalue weighted by molar-refractivity contribution is 0.0502. The highest BCUT2D eigenvalue weighted by atomic mass is 19.1. The van der Waals surface area contributed by atoms with Crippen LogP contribution in [-0.2, 0) is 4.74 Å². The highest BCUT2D eigenvalue weighted by molar-refractivity contribution is 5.98. The summed E-state index contributed by atoms with van der Waals surface area (Å²) in [5.74, 6) is -0.454. The summed E-state index contributed by atoms with van der Waals surface area (Å²) in [6.45, 7) is 2.06. The Morgan fingerprint density at radius 2 is 1.94 bits per heavy atom. The first kappa shape index (κ1) is 20.4. The quantitative estimate of drug-likeness (QED) is 0.398. The minimum Gasteiger partial charge on any atom is -0.460 e. The summed E-state index contributed by atoms with van der Waals surface area (Å²) < 4.78 is 21.1. The minimum absolute atomic E-state index is 0.141. The maximum atomic E-state index is 13.7. The fourth-order valence-corrected chi connectivity index (χ4v) is 4.70. The van der Waals surface area contributed by atoms with E-state index >= 15 is 0 Å². The van der Waals surface area contributed by atoms with Gasteiger partial charge >= 0.3 is 5.97 Å². The molecule has 3 aromatic heterocycles. The number of aromatic amines is 1. The molecule has 4 aromatic rings. The van der Waals surface area contributed by atoms with Crippen LogP contribution >= 0.6 is 0 Å². The molecule has 0 saturated heterocycles. The summed E-state index contributed by atoms with van der Waals surface area (Å²) in [5, 5.41) is 0.947. The monoisotopic (exact) mass is 432 g/mol. The molecule has 0 spiro atoms. The van der Waals surface area contributed by atoms with Crippen molar-refractivity contribution in [3.63, 3.8) is 0 Å². The molecule has 1 saturated carbocycles. The van der Waals surface area contributed by atoms with Gasteiger partial charge in [-0.15, -0.1) is 0 Å². The maximum absolute atomic E-state index is 13.7. The number of carbonyl (C=O) groups is 1. The molecule has 1 fully saturated rings. The molecule has 0 atom stereocenters. The molecule has 1 aromatic carbocycles. The van der Waals surface area contributed by atoms with Crippen LogP contribution in [0.2, 0.25) is 0 Å². The first-order valence-electron chi connectivity index (χ1n) is 11.1. The molecule has 32 heavy (non-hydrogen) atoms. The van der Waals surface area contributed by atoms with Crippen LogP contribution in [0.1, 0.15) is 55.7 Å². The van der Waals surface area contributed by atoms with E-state index in [0.29, 0.717) is 11.5 Å². The number of esters is 1. The third-order valence-electron chi connectivity index (χ3n) is 6.14. The molecule has 1 N–H and O–H groups in total. The average molecular weight is 432 g/mol. The van der Waals surface area contributed by atoms with Gasteiger partial charge < -0.3 is 14.3 Å². The summed E-state index contributed by atoms with van der Waals surface area (Å²) in [5.41, 5.74) is 3.94. The van der Waals surface area contributed by atoms with Crippen molar-refractivity contribution in [2.45, 2.75) is 45.1 Å². The molecule has 1 aliphatic rings. The summed E-state index contributed by atoms with van der Waals surface area (Å²) in [6, 6.07) is 10.3. The molecule has 0 bridgehead atoms. The lowest BCUT2D eigenvalue weighted by Gasteiger charge is -2.26. The van der Waals surface area contributed by atoms with Crippen LogP contribution < -0.4 is 0 Å². The van der Waals surface area contributed by atoms with Gasteiger partial charge in [0.2, 0.25) is 5.82 Å². The molecule has 0 radical (unpaired) electrons. The van der Waals surface area contributed by atoms with E-state index in [1.165, 1.54) is 18.6 Å². The lowest BCUT2D eigenvalue weighted by Crippen LogP contribution is -2.20. The number of rotatable bonds is 5. The van der Waals surface area contributed by atoms with E-state index in [1.807, 2.05) is 18.3 Å². The Morgan fingerprint density at radius 3 is 2.69 bits per heavy atom. The Labute approximate surface area is 185 Å². The van der Waals surface area contributed by atoms with Crippen molar-refractivity contribution < 1.29 is 13.9 Å². The van der Waals surface area contributed by atoms with E-state index in [-0.39, 0.29) is 18.5 Å². The SMILES string of the molecule is CCOC(=O)c1nc(-c2ccc(F)cc2)c(-c2ccnc3[nH]ccc23)n1C1CCCCC1. The third kappa shape index (κ3) is 3.57. The second kappa shape index (κ2) is 8.57. The summed E-state index contributed by atoms with van der Waals surface area (Å²) in [6.07, 6.45) is 8.95. The van der Waals surface area contributed by atoms with E-state index in [2.05, 4.69) is 14.5 Å². The van der Waals surface area contributed by atoms with Crippen molar-refractivity contribution in [1.82, 2.24) is 19.5 Å². The van der Waals surface area contributed by atoms with E-state index in [1.54, 1.807) is 25.3 Å². The van der Waals surface area contributed by atoms with Crippen LogP contribution in [0.3, 0.4) is 0 Å². The standard InChI is InChI=1S/C25H25FN4O2/c1-2-32-25(31)24-29-21(16-8-10-17(26)11-9-16)22(30(24)18-6-4-3-5-7-18)19-12-14-27-23-20(19)13-15-28-23/h8-15,18H,2-7H2,1H3,(H,27,28). The van der Waals surface area contributed by atoms with E-state index in [4.69, 9.17) is 9.72 Å². The number of H-pyrrole nitrogens is 1. The molecule has 7 heteroatoms. The zero-order valence-electron chi connectivity index (χ0n) is 18.0. The Hall–Kier alpha value is -3.48. The largest absolute Gasteiger partial charge is 0.460 e. The average Bonchev–Trinajstić information content (AvgIpc) is 3.45. The minimum atomic E-state index is -0.438. The van der Waals surface area contributed by atoms with Crippen LogP contribution in [0.25, 0.3) is 33.5 Å². The normalized spacial score (nSPS) is 14.7. The van der Waals surface area contributed by atoms with E-state index in [9.17, 15) is 9.18 Å². The van der Waals surface area contributed by atoms with Gasteiger partial charge in [-0.2, -0.15) is 0 Å². The predicted molar refractivity (Wildman–Crippen MR) is 121 cm³/mol. The molecule has 1 aliphatic carbocycles. The number of imidazole rings is 1. The molecule has 5 rings (SSSR count). The molecule has 0 unspecified atom stereocenters. The number of carbonyl (C=O) groups excluding carboxylic acids is 1. The molecule has 0 aliphatic heterocycles. The molecule has 164 valence electrons. The summed E-state index contributed by atoms with van der Waals surface area (Å²) in [7, 11) is 0. The van der Waals surface area contributed by atoms with Gasteiger partial charge in [0.25, 0.3) is 0 Å². The van der Waals surface area contributed by atoms with Crippen molar-refractivity contribution in [2.75, 3.05) is 6.61 Å². The number of pyridine rings is 1. The number of benzene rings is 1. The van der Waals surface area contributed by atoms with Crippen molar-refractivity contribution in [2.24, 2.45) is 0 Å². The second-order valence-corrected chi connectivity index (χ2v) is 8.12. The fraction of sp³-hybridized carbons (Fsp3) is 0.320. The first-order chi connectivity index (χ1) is 15.7. The van der Waals surface area contributed by atoms with Gasteiger partial charge in [-0.3, -0.25) is 0 Å². The number of nitrogens with zero attached hydrogens (tertiary/aromatic N) is 3. The van der Waals surface area contributed by atoms with E-state index < -0.39 is 5.97 Å². The molecular formula is C25H25FN4O2. The zero-order chi connectivity index (χ0) is 22.1. The molecule has 3 heterocycles. The number of halogens is 1. The first-order valence-corrected chi connectivity index (χ1v) is 11.1. The molecule has 6 nitrogen and oxygen atoms in total. The van der Waals surface area contributed by atoms with Gasteiger partial charge in [0, 0.05) is 34.9 Å². The van der Waals surface area contributed by atoms with Crippen LogP contribution in [0.5, 0.6) is 0 Å². The number of aromatic nitrogens is 4. The van der Waals surface area contributed by atoms with Crippen molar-refractivity contribution in [1.29, 1.82) is 0 Å². The smallest absolute Gasteiger partial charge is 0.374 e. The number of nitrogens with one attached hydrogen (secondary N) is 1. The Balaban J connectivity index is 1.82. The van der Waals surface area contributed by atoms with Gasteiger partial charge in [-0.1, -0.05) is 19.3 Å². The van der Waals surface area contributed by atoms with Crippen molar-refractivity contribution >= 4 is 17.0 Å². The fourth-order valence-electron chi connectivity index (χ4n) is 4.70. The topological polar surface area (TPSA) is 72.8 Å². The van der Waals surface area contributed by atoms with Crippen LogP contribution in [-0.4, -0.2) is 32.1 Å². The third-order valence-corrected chi connectivity index (χ3v) is 6.14. The Bertz CT molecular complexity index is 1250. The van der Waals surface area contributed by atoms with Gasteiger partial charge in [-0.05, 0) is 56.2 Å². The van der Waals surface area contributed by atoms with Crippen molar-refractivity contribution in [3.8, 4) is 22.5 Å². The Morgan fingerprint density at radius 1 is 1.16 bits per heavy atom. The summed E-state index contributed by atoms with van der Waals surface area (Å²) in [4.78, 5) is 25.4. The van der Waals surface area contributed by atoms with Gasteiger partial charge in [0.15, 0.2) is 0 Å². The number of hydrogen-bond acceptors (Lipinski definition) is 4. The maximum Gasteiger partial charge on any atom is 0.374 e. The van der Waals surface area contributed by atoms with Gasteiger partial charge in [0.05, 0.1) is 18.0 Å². The van der Waals surface area contributed by atoms with Crippen LogP contribution in [0, 0.1) is 5.82 Å². The zero-order valence-corrected chi connectivity index (χ0v) is 18.0. The number of ether oxygens (including phenoxy) is 1. The van der Waals surface area contributed by atoms with Crippen molar-refractivity contribution in [3.05, 3.63) is 60.4 Å². The van der Waals surface area contributed by atoms with Gasteiger partial charge in [0.1, 0.15) is 11.5 Å². The highest BCUT2D eigenvalue weighted by Crippen LogP contribution is 2.41. The lowest BCUT2D eigenvalue weighted by atomic mass is 9.94. The number of fused-ring (bicyclic) bond motifs is 1. The van der Waals surface area contributed by atoms with E-state index in [0.717, 1.165) is 53.5 Å². The predicted octanol–water partition coefficient (Wildman–Crippen LogP) is 5.91. The van der Waals surface area contributed by atoms with Gasteiger partial charge in [-0.25, -0.2) is 19.2 Å². The van der Waals surface area contributed by atoms with Crippen LogP contribution in [0.15, 0.2) is 48.8 Å². The second-order valence-electron chi connectivity index (χ2n) is 8.12.